The van der Waals surface area contributed by atoms with Gasteiger partial charge in [-0.15, -0.1) is 0 Å². The van der Waals surface area contributed by atoms with Gasteiger partial charge in [0.15, 0.2) is 0 Å². The van der Waals surface area contributed by atoms with Gasteiger partial charge in [0.05, 0.1) is 16.9 Å². The number of rotatable bonds is 1. The van der Waals surface area contributed by atoms with E-state index in [-0.39, 0.29) is 0 Å². The molecule has 0 spiro atoms. The van der Waals surface area contributed by atoms with Crippen LogP contribution in [0.4, 0.5) is 5.69 Å². The summed E-state index contributed by atoms with van der Waals surface area (Å²) in [5.74, 6) is 0.753. The molecule has 2 nitrogen and oxygen atoms in total. The topological polar surface area (TPSA) is 16.1 Å². The highest BCUT2D eigenvalue weighted by atomic mass is 35.5. The Balaban J connectivity index is 0.000000741. The van der Waals surface area contributed by atoms with Gasteiger partial charge in [0.25, 0.3) is 0 Å². The van der Waals surface area contributed by atoms with Gasteiger partial charge < -0.3 is 4.90 Å². The minimum Gasteiger partial charge on any atom is -0.369 e. The number of nitrogens with zero attached hydrogens (tertiary/aromatic N) is 2. The summed E-state index contributed by atoms with van der Waals surface area (Å²) >= 11 is 6.18. The molecule has 0 amide bonds. The summed E-state index contributed by atoms with van der Waals surface area (Å²) in [6.07, 6.45) is 7.53. The summed E-state index contributed by atoms with van der Waals surface area (Å²) in [6, 6.07) is 1.87. The molecule has 1 fully saturated rings. The minimum atomic E-state index is 0.753. The lowest BCUT2D eigenvalue weighted by Gasteiger charge is -2.25. The Morgan fingerprint density at radius 3 is 2.53 bits per heavy atom. The average Bonchev–Trinajstić information content (AvgIpc) is 2.68. The normalized spacial score (nSPS) is 18.4. The van der Waals surface area contributed by atoms with Crippen LogP contribution in [-0.4, -0.2) is 18.1 Å². The van der Waals surface area contributed by atoms with E-state index in [0.29, 0.717) is 0 Å². The molecule has 1 aliphatic rings. The highest BCUT2D eigenvalue weighted by Crippen LogP contribution is 2.27. The van der Waals surface area contributed by atoms with Crippen LogP contribution in [0.15, 0.2) is 18.5 Å². The lowest BCUT2D eigenvalue weighted by atomic mass is 10.1. The SMILES string of the molecule is CC.CC.C[C@@H]1CCCCN(c2cnccc2Cl)C1. The van der Waals surface area contributed by atoms with Crippen molar-refractivity contribution in [3.8, 4) is 0 Å². The van der Waals surface area contributed by atoms with Crippen molar-refractivity contribution in [2.75, 3.05) is 18.0 Å². The molecule has 1 saturated heterocycles. The quantitative estimate of drug-likeness (QED) is 0.685. The third kappa shape index (κ3) is 6.29. The van der Waals surface area contributed by atoms with Crippen LogP contribution in [0, 0.1) is 5.92 Å². The van der Waals surface area contributed by atoms with Gasteiger partial charge in [-0.1, -0.05) is 52.6 Å². The highest BCUT2D eigenvalue weighted by molar-refractivity contribution is 6.33. The van der Waals surface area contributed by atoms with Gasteiger partial charge in [-0.25, -0.2) is 0 Å². The van der Waals surface area contributed by atoms with Crippen molar-refractivity contribution in [1.82, 2.24) is 4.98 Å². The molecule has 1 atom stereocenters. The van der Waals surface area contributed by atoms with E-state index in [4.69, 9.17) is 11.6 Å². The first-order chi connectivity index (χ1) is 9.27. The summed E-state index contributed by atoms with van der Waals surface area (Å²) in [5, 5.41) is 0.819. The van der Waals surface area contributed by atoms with Crippen molar-refractivity contribution in [3.63, 3.8) is 0 Å². The number of aromatic nitrogens is 1. The molecular formula is C16H29ClN2. The molecule has 0 saturated carbocycles. The molecule has 0 N–H and O–H groups in total. The van der Waals surface area contributed by atoms with Gasteiger partial charge in [-0.3, -0.25) is 4.98 Å². The highest BCUT2D eigenvalue weighted by Gasteiger charge is 2.16. The summed E-state index contributed by atoms with van der Waals surface area (Å²) in [4.78, 5) is 6.52. The molecule has 3 heteroatoms. The standard InChI is InChI=1S/C12H17ClN2.2C2H6/c1-10-4-2-3-7-15(9-10)12-8-14-6-5-11(12)13;2*1-2/h5-6,8,10H,2-4,7,9H2,1H3;2*1-2H3/t10-;;/m1../s1. The second-order valence-corrected chi connectivity index (χ2v) is 4.78. The Morgan fingerprint density at radius 1 is 1.21 bits per heavy atom. The van der Waals surface area contributed by atoms with Gasteiger partial charge >= 0.3 is 0 Å². The molecule has 0 aromatic carbocycles. The predicted octanol–water partition coefficient (Wildman–Crippen LogP) is 5.41. The first-order valence-corrected chi connectivity index (χ1v) is 7.99. The lowest BCUT2D eigenvalue weighted by molar-refractivity contribution is 0.545. The second kappa shape index (κ2) is 11.1. The largest absolute Gasteiger partial charge is 0.369 e. The Labute approximate surface area is 124 Å². The van der Waals surface area contributed by atoms with Gasteiger partial charge in [0, 0.05) is 19.3 Å². The Bertz CT molecular complexity index is 328. The molecule has 2 rings (SSSR count). The van der Waals surface area contributed by atoms with Crippen LogP contribution in [0.25, 0.3) is 0 Å². The number of pyridine rings is 1. The van der Waals surface area contributed by atoms with Gasteiger partial charge in [-0.2, -0.15) is 0 Å². The van der Waals surface area contributed by atoms with Crippen LogP contribution in [-0.2, 0) is 0 Å². The minimum absolute atomic E-state index is 0.753. The van der Waals surface area contributed by atoms with E-state index in [0.717, 1.165) is 29.7 Å². The van der Waals surface area contributed by atoms with E-state index >= 15 is 0 Å². The molecule has 0 radical (unpaired) electrons. The molecule has 19 heavy (non-hydrogen) atoms. The summed E-state index contributed by atoms with van der Waals surface area (Å²) in [6.45, 7) is 12.5. The maximum atomic E-state index is 6.18. The third-order valence-electron chi connectivity index (χ3n) is 3.00. The lowest BCUT2D eigenvalue weighted by Crippen LogP contribution is -2.27. The Kier molecular flexibility index (Phi) is 10.7. The average molecular weight is 285 g/mol. The van der Waals surface area contributed by atoms with Crippen LogP contribution >= 0.6 is 11.6 Å². The van der Waals surface area contributed by atoms with Crippen LogP contribution in [0.1, 0.15) is 53.9 Å². The van der Waals surface area contributed by atoms with Gasteiger partial charge in [-0.05, 0) is 24.8 Å². The Hall–Kier alpha value is -0.760. The van der Waals surface area contributed by atoms with E-state index in [9.17, 15) is 0 Å². The second-order valence-electron chi connectivity index (χ2n) is 4.37. The number of hydrogen-bond donors (Lipinski definition) is 0. The molecule has 110 valence electrons. The molecule has 1 aliphatic heterocycles. The van der Waals surface area contributed by atoms with E-state index in [1.54, 1.807) is 6.20 Å². The number of halogens is 1. The molecule has 2 heterocycles. The molecule has 1 aromatic heterocycles. The number of anilines is 1. The van der Waals surface area contributed by atoms with Crippen LogP contribution in [0.5, 0.6) is 0 Å². The fraction of sp³-hybridized carbons (Fsp3) is 0.688. The van der Waals surface area contributed by atoms with Crippen LogP contribution in [0.3, 0.4) is 0 Å². The predicted molar refractivity (Wildman–Crippen MR) is 87.2 cm³/mol. The van der Waals surface area contributed by atoms with E-state index in [1.807, 2.05) is 40.0 Å². The van der Waals surface area contributed by atoms with Crippen LogP contribution < -0.4 is 4.90 Å². The van der Waals surface area contributed by atoms with Crippen molar-refractivity contribution < 1.29 is 0 Å². The molecule has 0 unspecified atom stereocenters. The summed E-state index contributed by atoms with van der Waals surface area (Å²) in [5.41, 5.74) is 1.09. The Morgan fingerprint density at radius 2 is 1.89 bits per heavy atom. The fourth-order valence-electron chi connectivity index (χ4n) is 2.17. The van der Waals surface area contributed by atoms with Crippen LogP contribution in [0.2, 0.25) is 5.02 Å². The zero-order valence-corrected chi connectivity index (χ0v) is 13.9. The zero-order valence-electron chi connectivity index (χ0n) is 13.1. The van der Waals surface area contributed by atoms with Crippen molar-refractivity contribution in [1.29, 1.82) is 0 Å². The molecule has 1 aromatic rings. The van der Waals surface area contributed by atoms with Gasteiger partial charge in [0.1, 0.15) is 0 Å². The monoisotopic (exact) mass is 284 g/mol. The van der Waals surface area contributed by atoms with E-state index in [2.05, 4.69) is 16.8 Å². The van der Waals surface area contributed by atoms with E-state index < -0.39 is 0 Å². The fourth-order valence-corrected chi connectivity index (χ4v) is 2.40. The van der Waals surface area contributed by atoms with Gasteiger partial charge in [0.2, 0.25) is 0 Å². The third-order valence-corrected chi connectivity index (χ3v) is 3.32. The summed E-state index contributed by atoms with van der Waals surface area (Å²) < 4.78 is 0. The molecule has 0 aliphatic carbocycles. The smallest absolute Gasteiger partial charge is 0.0742 e. The van der Waals surface area contributed by atoms with Crippen molar-refractivity contribution in [2.24, 2.45) is 5.92 Å². The zero-order chi connectivity index (χ0) is 14.7. The molecule has 0 bridgehead atoms. The van der Waals surface area contributed by atoms with Crippen molar-refractivity contribution >= 4 is 17.3 Å². The van der Waals surface area contributed by atoms with Crippen molar-refractivity contribution in [3.05, 3.63) is 23.5 Å². The van der Waals surface area contributed by atoms with E-state index in [1.165, 1.54) is 19.3 Å². The molecular weight excluding hydrogens is 256 g/mol. The first kappa shape index (κ1) is 18.2. The maximum Gasteiger partial charge on any atom is 0.0742 e. The maximum absolute atomic E-state index is 6.18. The van der Waals surface area contributed by atoms with Crippen molar-refractivity contribution in [2.45, 2.75) is 53.9 Å². The first-order valence-electron chi connectivity index (χ1n) is 7.62. The summed E-state index contributed by atoms with van der Waals surface area (Å²) in [7, 11) is 0. The number of hydrogen-bond acceptors (Lipinski definition) is 2.